The molecule has 0 saturated carbocycles. The number of hydrogen-bond donors (Lipinski definition) is 2. The Morgan fingerprint density at radius 1 is 1.10 bits per heavy atom. The van der Waals surface area contributed by atoms with Crippen molar-refractivity contribution >= 4 is 17.3 Å². The van der Waals surface area contributed by atoms with Crippen LogP contribution in [0.4, 0.5) is 20.2 Å². The van der Waals surface area contributed by atoms with Gasteiger partial charge in [0.25, 0.3) is 5.91 Å². The first-order valence-electron chi connectivity index (χ1n) is 6.01. The molecule has 0 spiro atoms. The van der Waals surface area contributed by atoms with Gasteiger partial charge < -0.3 is 11.1 Å². The molecular formula is C15H14F2N2O. The predicted octanol–water partition coefficient (Wildman–Crippen LogP) is 3.42. The Labute approximate surface area is 115 Å². The van der Waals surface area contributed by atoms with E-state index in [4.69, 9.17) is 5.73 Å². The number of carbonyl (C=O) groups excluding carboxylic acids is 1. The lowest BCUT2D eigenvalue weighted by atomic mass is 10.1. The summed E-state index contributed by atoms with van der Waals surface area (Å²) < 4.78 is 27.3. The summed E-state index contributed by atoms with van der Waals surface area (Å²) in [4.78, 5) is 12.0. The number of anilines is 2. The highest BCUT2D eigenvalue weighted by Gasteiger charge is 2.19. The van der Waals surface area contributed by atoms with E-state index in [2.05, 4.69) is 5.32 Å². The van der Waals surface area contributed by atoms with E-state index in [9.17, 15) is 13.6 Å². The molecule has 2 aromatic carbocycles. The van der Waals surface area contributed by atoms with Gasteiger partial charge in [0.15, 0.2) is 5.82 Å². The second-order valence-electron chi connectivity index (χ2n) is 4.66. The highest BCUT2D eigenvalue weighted by atomic mass is 19.1. The number of nitrogen functional groups attached to an aromatic ring is 1. The molecule has 0 radical (unpaired) electrons. The third-order valence-electron chi connectivity index (χ3n) is 2.83. The lowest BCUT2D eigenvalue weighted by Gasteiger charge is -2.10. The average Bonchev–Trinajstić information content (AvgIpc) is 2.33. The lowest BCUT2D eigenvalue weighted by molar-refractivity contribution is 0.101. The fourth-order valence-electron chi connectivity index (χ4n) is 2.02. The third-order valence-corrected chi connectivity index (χ3v) is 2.83. The normalized spacial score (nSPS) is 10.4. The number of aryl methyl sites for hydroxylation is 2. The van der Waals surface area contributed by atoms with Crippen LogP contribution in [0, 0.1) is 25.5 Å². The highest BCUT2D eigenvalue weighted by molar-refractivity contribution is 6.05. The Hall–Kier alpha value is -2.43. The van der Waals surface area contributed by atoms with Crippen LogP contribution in [0.25, 0.3) is 0 Å². The standard InChI is InChI=1S/C15H14F2N2O/c1-8-5-9(2)7-10(6-8)19-15(20)13-11(16)3-4-12(18)14(13)17/h3-7H,18H2,1-2H3,(H,19,20). The summed E-state index contributed by atoms with van der Waals surface area (Å²) in [5, 5.41) is 2.47. The molecule has 0 atom stereocenters. The van der Waals surface area contributed by atoms with Crippen molar-refractivity contribution in [2.45, 2.75) is 13.8 Å². The molecule has 0 aromatic heterocycles. The smallest absolute Gasteiger partial charge is 0.261 e. The van der Waals surface area contributed by atoms with Crippen molar-refractivity contribution in [2.75, 3.05) is 11.1 Å². The second-order valence-corrected chi connectivity index (χ2v) is 4.66. The first-order valence-corrected chi connectivity index (χ1v) is 6.01. The van der Waals surface area contributed by atoms with Crippen molar-refractivity contribution < 1.29 is 13.6 Å². The molecule has 2 rings (SSSR count). The van der Waals surface area contributed by atoms with Crippen LogP contribution in [0.15, 0.2) is 30.3 Å². The molecule has 1 amide bonds. The van der Waals surface area contributed by atoms with E-state index < -0.39 is 23.1 Å². The maximum atomic E-state index is 13.7. The molecule has 20 heavy (non-hydrogen) atoms. The lowest BCUT2D eigenvalue weighted by Crippen LogP contribution is -2.17. The number of hydrogen-bond acceptors (Lipinski definition) is 2. The molecule has 5 heteroatoms. The minimum atomic E-state index is -1.05. The zero-order chi connectivity index (χ0) is 14.9. The SMILES string of the molecule is Cc1cc(C)cc(NC(=O)c2c(F)ccc(N)c2F)c1. The molecule has 3 nitrogen and oxygen atoms in total. The van der Waals surface area contributed by atoms with Gasteiger partial charge in [-0.2, -0.15) is 0 Å². The Balaban J connectivity index is 2.35. The number of carbonyl (C=O) groups is 1. The summed E-state index contributed by atoms with van der Waals surface area (Å²) in [5.74, 6) is -2.86. The van der Waals surface area contributed by atoms with Gasteiger partial charge in [-0.15, -0.1) is 0 Å². The predicted molar refractivity (Wildman–Crippen MR) is 74.6 cm³/mol. The van der Waals surface area contributed by atoms with Gasteiger partial charge in [-0.25, -0.2) is 8.78 Å². The van der Waals surface area contributed by atoms with Crippen molar-refractivity contribution in [1.82, 2.24) is 0 Å². The van der Waals surface area contributed by atoms with Gasteiger partial charge in [0.05, 0.1) is 5.69 Å². The molecular weight excluding hydrogens is 262 g/mol. The number of amides is 1. The summed E-state index contributed by atoms with van der Waals surface area (Å²) in [5.41, 5.74) is 6.76. The third kappa shape index (κ3) is 2.77. The first kappa shape index (κ1) is 14.0. The minimum Gasteiger partial charge on any atom is -0.396 e. The Kier molecular flexibility index (Phi) is 3.70. The van der Waals surface area contributed by atoms with Crippen LogP contribution in [-0.4, -0.2) is 5.91 Å². The monoisotopic (exact) mass is 276 g/mol. The molecule has 0 aliphatic carbocycles. The van der Waals surface area contributed by atoms with Gasteiger partial charge >= 0.3 is 0 Å². The van der Waals surface area contributed by atoms with E-state index >= 15 is 0 Å². The fourth-order valence-corrected chi connectivity index (χ4v) is 2.02. The van der Waals surface area contributed by atoms with Crippen molar-refractivity contribution in [2.24, 2.45) is 0 Å². The van der Waals surface area contributed by atoms with Gasteiger partial charge in [-0.1, -0.05) is 6.07 Å². The quantitative estimate of drug-likeness (QED) is 0.826. The molecule has 0 saturated heterocycles. The summed E-state index contributed by atoms with van der Waals surface area (Å²) in [6.45, 7) is 3.73. The molecule has 2 aromatic rings. The highest BCUT2D eigenvalue weighted by Crippen LogP contribution is 2.21. The Bertz CT molecular complexity index is 664. The Morgan fingerprint density at radius 3 is 2.30 bits per heavy atom. The van der Waals surface area contributed by atoms with Crippen LogP contribution in [0.1, 0.15) is 21.5 Å². The van der Waals surface area contributed by atoms with Crippen molar-refractivity contribution in [3.63, 3.8) is 0 Å². The van der Waals surface area contributed by atoms with Gasteiger partial charge in [-0.3, -0.25) is 4.79 Å². The van der Waals surface area contributed by atoms with E-state index in [1.807, 2.05) is 19.9 Å². The van der Waals surface area contributed by atoms with Crippen molar-refractivity contribution in [3.05, 3.63) is 58.7 Å². The van der Waals surface area contributed by atoms with Gasteiger partial charge in [0.1, 0.15) is 11.4 Å². The van der Waals surface area contributed by atoms with Crippen LogP contribution in [0.2, 0.25) is 0 Å². The topological polar surface area (TPSA) is 55.1 Å². The van der Waals surface area contributed by atoms with Crippen LogP contribution < -0.4 is 11.1 Å². The molecule has 0 bridgehead atoms. The first-order chi connectivity index (χ1) is 9.38. The Morgan fingerprint density at radius 2 is 1.70 bits per heavy atom. The molecule has 0 aliphatic heterocycles. The maximum Gasteiger partial charge on any atom is 0.261 e. The fraction of sp³-hybridized carbons (Fsp3) is 0.133. The number of halogens is 2. The maximum absolute atomic E-state index is 13.7. The van der Waals surface area contributed by atoms with E-state index in [0.717, 1.165) is 23.3 Å². The number of rotatable bonds is 2. The zero-order valence-electron chi connectivity index (χ0n) is 11.1. The molecule has 0 fully saturated rings. The minimum absolute atomic E-state index is 0.267. The van der Waals surface area contributed by atoms with E-state index in [1.54, 1.807) is 12.1 Å². The van der Waals surface area contributed by atoms with Crippen molar-refractivity contribution in [3.8, 4) is 0 Å². The van der Waals surface area contributed by atoms with Gasteiger partial charge in [-0.05, 0) is 49.2 Å². The zero-order valence-corrected chi connectivity index (χ0v) is 11.1. The second kappa shape index (κ2) is 5.28. The van der Waals surface area contributed by atoms with E-state index in [1.165, 1.54) is 0 Å². The number of nitrogens with one attached hydrogen (secondary N) is 1. The molecule has 0 heterocycles. The molecule has 0 unspecified atom stereocenters. The van der Waals surface area contributed by atoms with E-state index in [-0.39, 0.29) is 5.69 Å². The van der Waals surface area contributed by atoms with Crippen LogP contribution in [0.3, 0.4) is 0 Å². The summed E-state index contributed by atoms with van der Waals surface area (Å²) in [7, 11) is 0. The molecule has 3 N–H and O–H groups in total. The number of nitrogens with two attached hydrogens (primary N) is 1. The summed E-state index contributed by atoms with van der Waals surface area (Å²) in [6.07, 6.45) is 0. The number of benzene rings is 2. The van der Waals surface area contributed by atoms with Crippen LogP contribution in [0.5, 0.6) is 0 Å². The van der Waals surface area contributed by atoms with Gasteiger partial charge in [0, 0.05) is 5.69 Å². The largest absolute Gasteiger partial charge is 0.396 e. The van der Waals surface area contributed by atoms with Crippen LogP contribution in [-0.2, 0) is 0 Å². The van der Waals surface area contributed by atoms with Crippen LogP contribution >= 0.6 is 0 Å². The van der Waals surface area contributed by atoms with Crippen molar-refractivity contribution in [1.29, 1.82) is 0 Å². The summed E-state index contributed by atoms with van der Waals surface area (Å²) in [6, 6.07) is 7.41. The molecule has 0 aliphatic rings. The van der Waals surface area contributed by atoms with Gasteiger partial charge in [0.2, 0.25) is 0 Å². The molecule has 104 valence electrons. The van der Waals surface area contributed by atoms with E-state index in [0.29, 0.717) is 5.69 Å². The average molecular weight is 276 g/mol. The summed E-state index contributed by atoms with van der Waals surface area (Å²) >= 11 is 0.